The average Bonchev–Trinajstić information content (AvgIpc) is 2.12. The van der Waals surface area contributed by atoms with Gasteiger partial charge < -0.3 is 10.5 Å². The van der Waals surface area contributed by atoms with Crippen LogP contribution in [-0.4, -0.2) is 12.6 Å². The van der Waals surface area contributed by atoms with Crippen molar-refractivity contribution in [2.24, 2.45) is 5.73 Å². The lowest BCUT2D eigenvalue weighted by atomic mass is 10.3. The zero-order chi connectivity index (χ0) is 10.6. The monoisotopic (exact) mass is 233 g/mol. The van der Waals surface area contributed by atoms with Crippen molar-refractivity contribution in [2.75, 3.05) is 6.54 Å². The fourth-order valence-electron chi connectivity index (χ4n) is 1.08. The highest BCUT2D eigenvalue weighted by Crippen LogP contribution is 2.26. The van der Waals surface area contributed by atoms with E-state index in [9.17, 15) is 0 Å². The molecule has 1 atom stereocenters. The molecule has 78 valence electrons. The van der Waals surface area contributed by atoms with E-state index in [1.807, 2.05) is 6.92 Å². The molecule has 4 heteroatoms. The van der Waals surface area contributed by atoms with Crippen LogP contribution >= 0.6 is 23.2 Å². The largest absolute Gasteiger partial charge is 0.491 e. The molecule has 0 heterocycles. The fraction of sp³-hybridized carbons (Fsp3) is 0.400. The summed E-state index contributed by atoms with van der Waals surface area (Å²) in [6, 6.07) is 5.21. The molecule has 0 aromatic heterocycles. The standard InChI is InChI=1S/C10H13Cl2NO/c1-7(4-5-13)14-8-2-3-9(11)10(12)6-8/h2-3,6-7H,4-5,13H2,1H3. The fourth-order valence-corrected chi connectivity index (χ4v) is 1.36. The lowest BCUT2D eigenvalue weighted by Gasteiger charge is -2.13. The average molecular weight is 234 g/mol. The minimum atomic E-state index is 0.0947. The number of rotatable bonds is 4. The summed E-state index contributed by atoms with van der Waals surface area (Å²) in [6.07, 6.45) is 0.914. The van der Waals surface area contributed by atoms with Crippen LogP contribution in [0.15, 0.2) is 18.2 Å². The Morgan fingerprint density at radius 2 is 2.07 bits per heavy atom. The van der Waals surface area contributed by atoms with Crippen molar-refractivity contribution < 1.29 is 4.74 Å². The summed E-state index contributed by atoms with van der Waals surface area (Å²) in [5.74, 6) is 0.723. The molecule has 2 N–H and O–H groups in total. The number of halogens is 2. The van der Waals surface area contributed by atoms with Crippen LogP contribution < -0.4 is 10.5 Å². The first-order chi connectivity index (χ1) is 6.63. The first kappa shape index (κ1) is 11.6. The molecule has 0 spiro atoms. The van der Waals surface area contributed by atoms with Crippen molar-refractivity contribution in [3.63, 3.8) is 0 Å². The van der Waals surface area contributed by atoms with E-state index in [0.717, 1.165) is 12.2 Å². The third kappa shape index (κ3) is 3.37. The molecular weight excluding hydrogens is 221 g/mol. The second kappa shape index (κ2) is 5.44. The summed E-state index contributed by atoms with van der Waals surface area (Å²) < 4.78 is 5.57. The lowest BCUT2D eigenvalue weighted by Crippen LogP contribution is -2.16. The van der Waals surface area contributed by atoms with Crippen LogP contribution in [0.2, 0.25) is 10.0 Å². The molecule has 0 saturated carbocycles. The predicted molar refractivity (Wildman–Crippen MR) is 60.2 cm³/mol. The summed E-state index contributed by atoms with van der Waals surface area (Å²) in [4.78, 5) is 0. The van der Waals surface area contributed by atoms with Gasteiger partial charge in [0.25, 0.3) is 0 Å². The quantitative estimate of drug-likeness (QED) is 0.868. The maximum absolute atomic E-state index is 5.84. The molecule has 14 heavy (non-hydrogen) atoms. The van der Waals surface area contributed by atoms with Crippen LogP contribution in [0.3, 0.4) is 0 Å². The Morgan fingerprint density at radius 1 is 1.36 bits per heavy atom. The van der Waals surface area contributed by atoms with Crippen molar-refractivity contribution in [2.45, 2.75) is 19.4 Å². The van der Waals surface area contributed by atoms with Gasteiger partial charge in [0.1, 0.15) is 5.75 Å². The first-order valence-electron chi connectivity index (χ1n) is 4.45. The summed E-state index contributed by atoms with van der Waals surface area (Å²) in [6.45, 7) is 2.58. The molecule has 0 amide bonds. The van der Waals surface area contributed by atoms with E-state index in [1.165, 1.54) is 0 Å². The zero-order valence-electron chi connectivity index (χ0n) is 7.97. The minimum absolute atomic E-state index is 0.0947. The Morgan fingerprint density at radius 3 is 2.64 bits per heavy atom. The summed E-state index contributed by atoms with van der Waals surface area (Å²) in [5, 5.41) is 1.04. The second-order valence-corrected chi connectivity index (χ2v) is 3.90. The number of ether oxygens (including phenoxy) is 1. The molecule has 0 radical (unpaired) electrons. The minimum Gasteiger partial charge on any atom is -0.491 e. The van der Waals surface area contributed by atoms with Gasteiger partial charge in [0.05, 0.1) is 16.1 Å². The van der Waals surface area contributed by atoms with E-state index in [0.29, 0.717) is 16.6 Å². The number of benzene rings is 1. The van der Waals surface area contributed by atoms with E-state index in [2.05, 4.69) is 0 Å². The molecule has 1 aromatic rings. The van der Waals surface area contributed by atoms with Gasteiger partial charge in [-0.1, -0.05) is 23.2 Å². The summed E-state index contributed by atoms with van der Waals surface area (Å²) >= 11 is 11.6. The van der Waals surface area contributed by atoms with Crippen molar-refractivity contribution in [1.29, 1.82) is 0 Å². The number of hydrogen-bond donors (Lipinski definition) is 1. The van der Waals surface area contributed by atoms with Gasteiger partial charge in [-0.25, -0.2) is 0 Å². The maximum Gasteiger partial charge on any atom is 0.121 e. The molecular formula is C10H13Cl2NO. The molecule has 0 fully saturated rings. The van der Waals surface area contributed by atoms with Gasteiger partial charge in [0.15, 0.2) is 0 Å². The van der Waals surface area contributed by atoms with Crippen LogP contribution in [0, 0.1) is 0 Å². The van der Waals surface area contributed by atoms with Crippen molar-refractivity contribution in [3.05, 3.63) is 28.2 Å². The normalized spacial score (nSPS) is 12.6. The maximum atomic E-state index is 5.84. The van der Waals surface area contributed by atoms with E-state index < -0.39 is 0 Å². The molecule has 0 aliphatic heterocycles. The SMILES string of the molecule is CC(CCN)Oc1ccc(Cl)c(Cl)c1. The van der Waals surface area contributed by atoms with Gasteiger partial charge in [-0.3, -0.25) is 0 Å². The van der Waals surface area contributed by atoms with Gasteiger partial charge >= 0.3 is 0 Å². The third-order valence-electron chi connectivity index (χ3n) is 1.80. The molecule has 0 aliphatic carbocycles. The zero-order valence-corrected chi connectivity index (χ0v) is 9.48. The van der Waals surface area contributed by atoms with Crippen LogP contribution in [-0.2, 0) is 0 Å². The Hall–Kier alpha value is -0.440. The number of hydrogen-bond acceptors (Lipinski definition) is 2. The molecule has 1 aromatic carbocycles. The Balaban J connectivity index is 2.63. The van der Waals surface area contributed by atoms with Gasteiger partial charge in [-0.15, -0.1) is 0 Å². The van der Waals surface area contributed by atoms with Gasteiger partial charge in [0.2, 0.25) is 0 Å². The predicted octanol–water partition coefficient (Wildman–Crippen LogP) is 3.11. The van der Waals surface area contributed by atoms with Crippen LogP contribution in [0.25, 0.3) is 0 Å². The summed E-state index contributed by atoms with van der Waals surface area (Å²) in [7, 11) is 0. The van der Waals surface area contributed by atoms with E-state index in [-0.39, 0.29) is 6.10 Å². The van der Waals surface area contributed by atoms with Crippen molar-refractivity contribution >= 4 is 23.2 Å². The highest BCUT2D eigenvalue weighted by Gasteiger charge is 2.04. The van der Waals surface area contributed by atoms with Crippen molar-refractivity contribution in [3.8, 4) is 5.75 Å². The molecule has 0 saturated heterocycles. The van der Waals surface area contributed by atoms with Crippen LogP contribution in [0.4, 0.5) is 0 Å². The molecule has 2 nitrogen and oxygen atoms in total. The molecule has 0 bridgehead atoms. The number of nitrogens with two attached hydrogens (primary N) is 1. The summed E-state index contributed by atoms with van der Waals surface area (Å²) in [5.41, 5.74) is 5.41. The highest BCUT2D eigenvalue weighted by atomic mass is 35.5. The van der Waals surface area contributed by atoms with E-state index >= 15 is 0 Å². The van der Waals surface area contributed by atoms with Gasteiger partial charge in [0, 0.05) is 6.07 Å². The van der Waals surface area contributed by atoms with Gasteiger partial charge in [-0.05, 0) is 32.0 Å². The van der Waals surface area contributed by atoms with Crippen LogP contribution in [0.5, 0.6) is 5.75 Å². The van der Waals surface area contributed by atoms with E-state index in [1.54, 1.807) is 18.2 Å². The lowest BCUT2D eigenvalue weighted by molar-refractivity contribution is 0.214. The van der Waals surface area contributed by atoms with E-state index in [4.69, 9.17) is 33.7 Å². The van der Waals surface area contributed by atoms with Crippen LogP contribution in [0.1, 0.15) is 13.3 Å². The third-order valence-corrected chi connectivity index (χ3v) is 2.54. The smallest absolute Gasteiger partial charge is 0.121 e. The van der Waals surface area contributed by atoms with Gasteiger partial charge in [-0.2, -0.15) is 0 Å². The second-order valence-electron chi connectivity index (χ2n) is 3.08. The topological polar surface area (TPSA) is 35.2 Å². The highest BCUT2D eigenvalue weighted by molar-refractivity contribution is 6.42. The Labute approximate surface area is 94.0 Å². The first-order valence-corrected chi connectivity index (χ1v) is 5.21. The molecule has 1 unspecified atom stereocenters. The van der Waals surface area contributed by atoms with Crippen molar-refractivity contribution in [1.82, 2.24) is 0 Å². The molecule has 0 aliphatic rings. The molecule has 1 rings (SSSR count). The Kier molecular flexibility index (Phi) is 4.52. The Bertz CT molecular complexity index is 304.